The fraction of sp³-hybridized carbons (Fsp3) is 0.441. The maximum Gasteiger partial charge on any atom is 0.255 e. The average Bonchev–Trinajstić information content (AvgIpc) is 2.98. The van der Waals surface area contributed by atoms with E-state index >= 15 is 0 Å². The molecule has 43 heavy (non-hydrogen) atoms. The molecule has 226 valence electrons. The lowest BCUT2D eigenvalue weighted by Crippen LogP contribution is -2.58. The van der Waals surface area contributed by atoms with Crippen LogP contribution >= 0.6 is 0 Å². The van der Waals surface area contributed by atoms with Gasteiger partial charge in [-0.25, -0.2) is 0 Å². The summed E-state index contributed by atoms with van der Waals surface area (Å²) >= 11 is 0. The Kier molecular flexibility index (Phi) is 7.32. The topological polar surface area (TPSA) is 167 Å². The van der Waals surface area contributed by atoms with Crippen LogP contribution in [0.3, 0.4) is 0 Å². The molecule has 6 N–H and O–H groups in total. The van der Waals surface area contributed by atoms with Crippen LogP contribution < -0.4 is 10.5 Å². The molecular weight excluding hydrogens is 550 g/mol. The Hall–Kier alpha value is -4.11. The number of fused-ring (bicyclic) bond motifs is 3. The van der Waals surface area contributed by atoms with Gasteiger partial charge in [0.25, 0.3) is 5.91 Å². The summed E-state index contributed by atoms with van der Waals surface area (Å²) in [5.74, 6) is -5.08. The molecule has 2 fully saturated rings. The minimum absolute atomic E-state index is 0.0688. The van der Waals surface area contributed by atoms with Crippen LogP contribution in [0.4, 0.5) is 0 Å². The number of nitrogens with two attached hydrogens (primary N) is 1. The second-order valence-electron chi connectivity index (χ2n) is 12.5. The van der Waals surface area contributed by atoms with Gasteiger partial charge in [0.15, 0.2) is 11.4 Å². The number of hydrogen-bond donors (Lipinski definition) is 5. The highest BCUT2D eigenvalue weighted by atomic mass is 16.5. The van der Waals surface area contributed by atoms with Crippen LogP contribution in [0.5, 0.6) is 11.5 Å². The van der Waals surface area contributed by atoms with E-state index in [1.807, 2.05) is 6.07 Å². The number of carbonyl (C=O) groups excluding carboxylic acids is 3. The summed E-state index contributed by atoms with van der Waals surface area (Å²) in [4.78, 5) is 38.4. The molecule has 4 aliphatic carbocycles. The molecule has 9 nitrogen and oxygen atoms in total. The zero-order valence-corrected chi connectivity index (χ0v) is 24.2. The van der Waals surface area contributed by atoms with E-state index in [4.69, 9.17) is 10.5 Å². The first-order chi connectivity index (χ1) is 20.6. The van der Waals surface area contributed by atoms with Crippen molar-refractivity contribution >= 4 is 23.2 Å². The van der Waals surface area contributed by atoms with E-state index in [1.54, 1.807) is 13.2 Å². The third-order valence-electron chi connectivity index (χ3n) is 10.1. The summed E-state index contributed by atoms with van der Waals surface area (Å²) in [6.07, 6.45) is 8.41. The van der Waals surface area contributed by atoms with Crippen LogP contribution in [0.1, 0.15) is 68.1 Å². The Bertz CT molecular complexity index is 1600. The third kappa shape index (κ3) is 4.61. The van der Waals surface area contributed by atoms with Crippen molar-refractivity contribution < 1.29 is 39.5 Å². The summed E-state index contributed by atoms with van der Waals surface area (Å²) in [7, 11) is 1.59. The van der Waals surface area contributed by atoms with Crippen LogP contribution in [-0.2, 0) is 27.2 Å². The standard InChI is InChI=1S/C34H37NO8/c1-43-26-12-9-18(8-7-17-5-3-2-4-6-17)13-22(26)21-10-11-24(36)28-23(21)15-19-14-20-16-25(37)29(33(35)41)32(40)34(20,42)31(39)27(19)30(28)38/h9-13,17,19-20,36,38,40,42H,2-8,14-16H2,1H3,(H2,35,41). The normalized spacial score (nSPS) is 25.7. The van der Waals surface area contributed by atoms with Gasteiger partial charge in [-0.1, -0.05) is 44.2 Å². The Balaban J connectivity index is 1.43. The molecule has 9 heteroatoms. The fourth-order valence-electron chi connectivity index (χ4n) is 7.84. The highest BCUT2D eigenvalue weighted by Gasteiger charge is 2.60. The number of aliphatic hydroxyl groups excluding tert-OH is 2. The second kappa shape index (κ2) is 10.9. The van der Waals surface area contributed by atoms with Gasteiger partial charge in [-0.05, 0) is 72.4 Å². The van der Waals surface area contributed by atoms with Gasteiger partial charge in [-0.3, -0.25) is 14.4 Å². The number of hydrogen-bond acceptors (Lipinski definition) is 8. The van der Waals surface area contributed by atoms with Crippen molar-refractivity contribution in [3.8, 4) is 22.6 Å². The number of phenolic OH excluding ortho intramolecular Hbond substituents is 1. The minimum Gasteiger partial charge on any atom is -0.508 e. The van der Waals surface area contributed by atoms with Crippen molar-refractivity contribution in [3.63, 3.8) is 0 Å². The quantitative estimate of drug-likeness (QED) is 0.305. The largest absolute Gasteiger partial charge is 0.508 e. The number of ether oxygens (including phenoxy) is 1. The Morgan fingerprint density at radius 1 is 1.02 bits per heavy atom. The molecule has 0 aliphatic heterocycles. The van der Waals surface area contributed by atoms with Crippen molar-refractivity contribution in [1.29, 1.82) is 0 Å². The molecule has 0 radical (unpaired) electrons. The molecule has 0 aromatic heterocycles. The molecule has 2 saturated carbocycles. The summed E-state index contributed by atoms with van der Waals surface area (Å²) in [5.41, 5.74) is 5.11. The zero-order valence-electron chi connectivity index (χ0n) is 24.2. The Labute approximate surface area is 249 Å². The minimum atomic E-state index is -2.58. The summed E-state index contributed by atoms with van der Waals surface area (Å²) in [5, 5.41) is 44.7. The summed E-state index contributed by atoms with van der Waals surface area (Å²) in [6.45, 7) is 0. The predicted molar refractivity (Wildman–Crippen MR) is 158 cm³/mol. The van der Waals surface area contributed by atoms with Crippen molar-refractivity contribution in [2.24, 2.45) is 23.5 Å². The van der Waals surface area contributed by atoms with Crippen LogP contribution in [-0.4, -0.2) is 50.6 Å². The highest BCUT2D eigenvalue weighted by molar-refractivity contribution is 6.22. The SMILES string of the molecule is COc1ccc(CCC2CCCCC2)cc1-c1ccc(O)c2c1CC1CC3CC(=O)C(C(N)=O)=C(O)C3(O)C(=O)C1=C2O. The van der Waals surface area contributed by atoms with E-state index in [0.29, 0.717) is 11.3 Å². The summed E-state index contributed by atoms with van der Waals surface area (Å²) < 4.78 is 5.73. The summed E-state index contributed by atoms with van der Waals surface area (Å²) in [6, 6.07) is 9.30. The zero-order chi connectivity index (χ0) is 30.6. The molecule has 2 aromatic rings. The molecule has 3 unspecified atom stereocenters. The molecule has 1 amide bonds. The number of benzene rings is 2. The van der Waals surface area contributed by atoms with Gasteiger partial charge < -0.3 is 30.9 Å². The van der Waals surface area contributed by atoms with Gasteiger partial charge in [0, 0.05) is 23.5 Å². The lowest BCUT2D eigenvalue weighted by atomic mass is 9.59. The number of phenols is 1. The maximum absolute atomic E-state index is 13.8. The Morgan fingerprint density at radius 2 is 1.77 bits per heavy atom. The predicted octanol–water partition coefficient (Wildman–Crippen LogP) is 4.61. The smallest absolute Gasteiger partial charge is 0.255 e. The number of aliphatic hydroxyl groups is 3. The monoisotopic (exact) mass is 587 g/mol. The molecule has 4 aliphatic rings. The van der Waals surface area contributed by atoms with E-state index in [9.17, 15) is 34.8 Å². The second-order valence-corrected chi connectivity index (χ2v) is 12.5. The molecule has 0 saturated heterocycles. The average molecular weight is 588 g/mol. The number of primary amides is 1. The van der Waals surface area contributed by atoms with Gasteiger partial charge in [0.05, 0.1) is 12.7 Å². The van der Waals surface area contributed by atoms with Crippen LogP contribution in [0.25, 0.3) is 16.9 Å². The van der Waals surface area contributed by atoms with E-state index in [1.165, 1.54) is 38.2 Å². The first kappa shape index (κ1) is 29.0. The molecule has 3 atom stereocenters. The number of aryl methyl sites for hydroxylation is 1. The van der Waals surface area contributed by atoms with Gasteiger partial charge in [-0.2, -0.15) is 0 Å². The molecule has 0 spiro atoms. The van der Waals surface area contributed by atoms with Crippen molar-refractivity contribution in [2.45, 2.75) is 69.8 Å². The maximum atomic E-state index is 13.8. The molecule has 0 bridgehead atoms. The molecule has 6 rings (SSSR count). The van der Waals surface area contributed by atoms with Crippen molar-refractivity contribution in [3.05, 3.63) is 63.9 Å². The van der Waals surface area contributed by atoms with Crippen LogP contribution in [0.2, 0.25) is 0 Å². The van der Waals surface area contributed by atoms with E-state index in [0.717, 1.165) is 35.4 Å². The Morgan fingerprint density at radius 3 is 2.47 bits per heavy atom. The van der Waals surface area contributed by atoms with E-state index in [-0.39, 0.29) is 36.1 Å². The number of Topliss-reactive ketones (excluding diaryl/α,β-unsaturated/α-hetero) is 2. The van der Waals surface area contributed by atoms with E-state index < -0.39 is 52.0 Å². The number of aromatic hydroxyl groups is 1. The number of methoxy groups -OCH3 is 1. The lowest BCUT2D eigenvalue weighted by Gasteiger charge is -2.46. The number of amides is 1. The van der Waals surface area contributed by atoms with Crippen molar-refractivity contribution in [1.82, 2.24) is 0 Å². The highest BCUT2D eigenvalue weighted by Crippen LogP contribution is 2.53. The molecule has 0 heterocycles. The number of carbonyl (C=O) groups is 3. The van der Waals surface area contributed by atoms with Gasteiger partial charge in [-0.15, -0.1) is 0 Å². The fourth-order valence-corrected chi connectivity index (χ4v) is 7.84. The lowest BCUT2D eigenvalue weighted by molar-refractivity contribution is -0.147. The molecule has 2 aromatic carbocycles. The number of rotatable bonds is 6. The van der Waals surface area contributed by atoms with Crippen molar-refractivity contribution in [2.75, 3.05) is 7.11 Å². The van der Waals surface area contributed by atoms with Crippen LogP contribution in [0, 0.1) is 17.8 Å². The third-order valence-corrected chi connectivity index (χ3v) is 10.1. The van der Waals surface area contributed by atoms with Gasteiger partial charge >= 0.3 is 0 Å². The molecular formula is C34H37NO8. The van der Waals surface area contributed by atoms with Gasteiger partial charge in [0.1, 0.15) is 28.6 Å². The first-order valence-electron chi connectivity index (χ1n) is 15.1. The van der Waals surface area contributed by atoms with Gasteiger partial charge in [0.2, 0.25) is 5.78 Å². The number of ketones is 2. The first-order valence-corrected chi connectivity index (χ1v) is 15.1. The van der Waals surface area contributed by atoms with Crippen LogP contribution in [0.15, 0.2) is 47.2 Å². The van der Waals surface area contributed by atoms with E-state index in [2.05, 4.69) is 12.1 Å².